The zero-order valence-corrected chi connectivity index (χ0v) is 20.2. The first-order valence-electron chi connectivity index (χ1n) is 11.1. The molecule has 0 aliphatic carbocycles. The van der Waals surface area contributed by atoms with Crippen molar-refractivity contribution in [3.63, 3.8) is 0 Å². The van der Waals surface area contributed by atoms with Crippen molar-refractivity contribution in [3.05, 3.63) is 82.0 Å². The second kappa shape index (κ2) is 9.65. The normalized spacial score (nSPS) is 12.7. The summed E-state index contributed by atoms with van der Waals surface area (Å²) in [5.41, 5.74) is 5.25. The molecule has 3 aromatic carbocycles. The fourth-order valence-electron chi connectivity index (χ4n) is 3.94. The van der Waals surface area contributed by atoms with Crippen LogP contribution < -0.4 is 23.7 Å². The summed E-state index contributed by atoms with van der Waals surface area (Å²) in [7, 11) is 3.35. The van der Waals surface area contributed by atoms with Crippen LogP contribution in [0.3, 0.4) is 0 Å². The zero-order chi connectivity index (χ0) is 23.5. The van der Waals surface area contributed by atoms with Gasteiger partial charge >= 0.3 is 0 Å². The number of ether oxygens (including phenoxy) is 4. The average Bonchev–Trinajstić information content (AvgIpc) is 3.51. The molecule has 5 rings (SSSR count). The summed E-state index contributed by atoms with van der Waals surface area (Å²) in [6.07, 6.45) is 1.00. The van der Waals surface area contributed by atoms with E-state index in [1.165, 1.54) is 5.56 Å². The Balaban J connectivity index is 1.64. The van der Waals surface area contributed by atoms with E-state index in [9.17, 15) is 0 Å². The Bertz CT molecular complexity index is 1370. The first-order chi connectivity index (χ1) is 16.7. The third-order valence-corrected chi connectivity index (χ3v) is 6.69. The number of rotatable bonds is 7. The Morgan fingerprint density at radius 1 is 0.912 bits per heavy atom. The summed E-state index contributed by atoms with van der Waals surface area (Å²) in [5, 5.41) is 2.11. The number of nitrogens with zero attached hydrogens (tertiary/aromatic N) is 2. The van der Waals surface area contributed by atoms with Gasteiger partial charge in [-0.25, -0.2) is 4.99 Å². The van der Waals surface area contributed by atoms with Crippen LogP contribution in [0.1, 0.15) is 18.1 Å². The molecule has 6 nitrogen and oxygen atoms in total. The molecule has 0 saturated heterocycles. The maximum atomic E-state index is 5.69. The van der Waals surface area contributed by atoms with Gasteiger partial charge < -0.3 is 23.5 Å². The van der Waals surface area contributed by atoms with Gasteiger partial charge in [0.1, 0.15) is 11.5 Å². The number of methoxy groups -OCH3 is 2. The molecule has 0 bridgehead atoms. The van der Waals surface area contributed by atoms with E-state index >= 15 is 0 Å². The van der Waals surface area contributed by atoms with Gasteiger partial charge in [-0.3, -0.25) is 0 Å². The fraction of sp³-hybridized carbons (Fsp3) is 0.222. The van der Waals surface area contributed by atoms with E-state index in [4.69, 9.17) is 23.9 Å². The molecule has 0 radical (unpaired) electrons. The van der Waals surface area contributed by atoms with Crippen LogP contribution >= 0.6 is 11.3 Å². The molecule has 7 heteroatoms. The number of fused-ring (bicyclic) bond motifs is 1. The predicted molar refractivity (Wildman–Crippen MR) is 134 cm³/mol. The maximum Gasteiger partial charge on any atom is 0.231 e. The largest absolute Gasteiger partial charge is 0.497 e. The molecule has 0 N–H and O–H groups in total. The van der Waals surface area contributed by atoms with Gasteiger partial charge in [-0.1, -0.05) is 25.1 Å². The lowest BCUT2D eigenvalue weighted by atomic mass is 10.1. The van der Waals surface area contributed by atoms with Gasteiger partial charge in [0.25, 0.3) is 0 Å². The molecule has 1 aromatic heterocycles. The van der Waals surface area contributed by atoms with E-state index in [0.717, 1.165) is 56.7 Å². The summed E-state index contributed by atoms with van der Waals surface area (Å²) in [5.74, 6) is 3.08. The Morgan fingerprint density at radius 2 is 1.71 bits per heavy atom. The Kier molecular flexibility index (Phi) is 6.27. The Labute approximate surface area is 202 Å². The molecule has 0 saturated carbocycles. The molecule has 4 aromatic rings. The minimum atomic E-state index is 0.255. The summed E-state index contributed by atoms with van der Waals surface area (Å²) in [6, 6.07) is 20.2. The third kappa shape index (κ3) is 4.39. The molecule has 174 valence electrons. The fourth-order valence-corrected chi connectivity index (χ4v) is 4.86. The van der Waals surface area contributed by atoms with Crippen LogP contribution in [0.2, 0.25) is 0 Å². The Morgan fingerprint density at radius 3 is 2.47 bits per heavy atom. The summed E-state index contributed by atoms with van der Waals surface area (Å²) in [4.78, 5) is 5.87. The van der Waals surface area contributed by atoms with Crippen molar-refractivity contribution in [1.82, 2.24) is 4.57 Å². The second-order valence-corrected chi connectivity index (χ2v) is 8.71. The summed E-state index contributed by atoms with van der Waals surface area (Å²) in [6.45, 7) is 3.02. The van der Waals surface area contributed by atoms with Crippen molar-refractivity contribution < 1.29 is 18.9 Å². The van der Waals surface area contributed by atoms with Crippen molar-refractivity contribution in [1.29, 1.82) is 0 Å². The number of benzene rings is 3. The topological polar surface area (TPSA) is 54.2 Å². The van der Waals surface area contributed by atoms with Gasteiger partial charge in [0, 0.05) is 10.9 Å². The van der Waals surface area contributed by atoms with Crippen molar-refractivity contribution in [2.75, 3.05) is 21.0 Å². The maximum absolute atomic E-state index is 5.69. The van der Waals surface area contributed by atoms with Crippen molar-refractivity contribution in [3.8, 4) is 34.3 Å². The second-order valence-electron chi connectivity index (χ2n) is 7.88. The number of hydrogen-bond acceptors (Lipinski definition) is 6. The average molecular weight is 475 g/mol. The lowest BCUT2D eigenvalue weighted by Gasteiger charge is -2.14. The van der Waals surface area contributed by atoms with Crippen LogP contribution in [-0.2, 0) is 13.0 Å². The van der Waals surface area contributed by atoms with Crippen molar-refractivity contribution >= 4 is 17.0 Å². The first-order valence-corrected chi connectivity index (χ1v) is 12.0. The van der Waals surface area contributed by atoms with Crippen LogP contribution in [0.5, 0.6) is 23.0 Å². The zero-order valence-electron chi connectivity index (χ0n) is 19.4. The number of aromatic nitrogens is 1. The minimum Gasteiger partial charge on any atom is -0.497 e. The molecule has 0 atom stereocenters. The molecular formula is C27H26N2O4S. The summed E-state index contributed by atoms with van der Waals surface area (Å²) >= 11 is 1.60. The van der Waals surface area contributed by atoms with Gasteiger partial charge in [0.05, 0.1) is 32.1 Å². The van der Waals surface area contributed by atoms with E-state index in [0.29, 0.717) is 6.54 Å². The van der Waals surface area contributed by atoms with Gasteiger partial charge in [-0.2, -0.15) is 0 Å². The molecule has 1 aliphatic rings. The van der Waals surface area contributed by atoms with Gasteiger partial charge in [0.15, 0.2) is 16.3 Å². The van der Waals surface area contributed by atoms with E-state index in [1.807, 2.05) is 30.3 Å². The lowest BCUT2D eigenvalue weighted by molar-refractivity contribution is 0.174. The lowest BCUT2D eigenvalue weighted by Crippen LogP contribution is -2.17. The minimum absolute atomic E-state index is 0.255. The van der Waals surface area contributed by atoms with Gasteiger partial charge in [-0.15, -0.1) is 11.3 Å². The highest BCUT2D eigenvalue weighted by atomic mass is 32.1. The van der Waals surface area contributed by atoms with Crippen LogP contribution in [0.4, 0.5) is 5.69 Å². The van der Waals surface area contributed by atoms with Gasteiger partial charge in [-0.05, 0) is 60.0 Å². The van der Waals surface area contributed by atoms with E-state index in [-0.39, 0.29) is 6.79 Å². The first kappa shape index (κ1) is 22.1. The van der Waals surface area contributed by atoms with E-state index < -0.39 is 0 Å². The van der Waals surface area contributed by atoms with Crippen LogP contribution in [-0.4, -0.2) is 25.6 Å². The predicted octanol–water partition coefficient (Wildman–Crippen LogP) is 5.81. The van der Waals surface area contributed by atoms with E-state index in [2.05, 4.69) is 47.2 Å². The van der Waals surface area contributed by atoms with Crippen molar-refractivity contribution in [2.45, 2.75) is 19.9 Å². The standard InChI is InChI=1S/C27H26N2O4S/c1-4-18-5-8-20(9-6-18)28-27-29(15-19-7-11-25-26(13-19)33-17-32-25)23(16-34-27)22-14-21(30-2)10-12-24(22)31-3/h5-14,16H,4,15,17H2,1-3H3. The van der Waals surface area contributed by atoms with Gasteiger partial charge in [0.2, 0.25) is 6.79 Å². The highest BCUT2D eigenvalue weighted by molar-refractivity contribution is 7.07. The monoisotopic (exact) mass is 474 g/mol. The highest BCUT2D eigenvalue weighted by Gasteiger charge is 2.17. The van der Waals surface area contributed by atoms with Crippen molar-refractivity contribution in [2.24, 2.45) is 4.99 Å². The molecule has 0 unspecified atom stereocenters. The number of aryl methyl sites for hydroxylation is 1. The number of thiazole rings is 1. The number of hydrogen-bond donors (Lipinski definition) is 0. The molecule has 0 amide bonds. The molecule has 2 heterocycles. The SMILES string of the molecule is CCc1ccc(N=c2scc(-c3cc(OC)ccc3OC)n2Cc2ccc3c(c2)OCO3)cc1. The molecule has 1 aliphatic heterocycles. The molecule has 34 heavy (non-hydrogen) atoms. The quantitative estimate of drug-likeness (QED) is 0.339. The highest BCUT2D eigenvalue weighted by Crippen LogP contribution is 2.36. The molecule has 0 spiro atoms. The Hall–Kier alpha value is -3.71. The van der Waals surface area contributed by atoms with Crippen LogP contribution in [0.25, 0.3) is 11.3 Å². The third-order valence-electron chi connectivity index (χ3n) is 5.83. The smallest absolute Gasteiger partial charge is 0.231 e. The molecular weight excluding hydrogens is 448 g/mol. The van der Waals surface area contributed by atoms with Crippen LogP contribution in [0.15, 0.2) is 71.0 Å². The molecule has 0 fully saturated rings. The van der Waals surface area contributed by atoms with Crippen LogP contribution in [0, 0.1) is 0 Å². The summed E-state index contributed by atoms with van der Waals surface area (Å²) < 4.78 is 24.5. The van der Waals surface area contributed by atoms with E-state index in [1.54, 1.807) is 25.6 Å².